The van der Waals surface area contributed by atoms with Crippen LogP contribution in [0.25, 0.3) is 0 Å². The zero-order valence-electron chi connectivity index (χ0n) is 6.21. The van der Waals surface area contributed by atoms with E-state index >= 15 is 0 Å². The van der Waals surface area contributed by atoms with Crippen molar-refractivity contribution < 1.29 is 4.79 Å². The Kier molecular flexibility index (Phi) is 2.44. The summed E-state index contributed by atoms with van der Waals surface area (Å²) < 4.78 is 0. The molecule has 0 aliphatic heterocycles. The van der Waals surface area contributed by atoms with Crippen molar-refractivity contribution in [2.45, 2.75) is 31.3 Å². The zero-order chi connectivity index (χ0) is 8.27. The Bertz CT molecular complexity index is 192. The molecule has 1 aliphatic carbocycles. The second kappa shape index (κ2) is 3.35. The molecular weight excluding hydrogens is 142 g/mol. The Balaban J connectivity index is 2.24. The highest BCUT2D eigenvalue weighted by Crippen LogP contribution is 2.19. The molecule has 1 amide bonds. The largest absolute Gasteiger partial charge is 0.370 e. The first-order valence-corrected chi connectivity index (χ1v) is 3.66. The molecule has 3 N–H and O–H groups in total. The predicted molar refractivity (Wildman–Crippen MR) is 39.4 cm³/mol. The van der Waals surface area contributed by atoms with Crippen molar-refractivity contribution in [3.8, 4) is 6.07 Å². The van der Waals surface area contributed by atoms with Crippen LogP contribution in [0.2, 0.25) is 0 Å². The Morgan fingerprint density at radius 3 is 2.82 bits per heavy atom. The lowest BCUT2D eigenvalue weighted by Gasteiger charge is -2.06. The molecule has 0 bridgehead atoms. The van der Waals surface area contributed by atoms with Crippen molar-refractivity contribution in [3.63, 3.8) is 0 Å². The molecule has 1 rings (SSSR count). The van der Waals surface area contributed by atoms with E-state index in [0.29, 0.717) is 6.04 Å². The van der Waals surface area contributed by atoms with Crippen LogP contribution in [0.4, 0.5) is 0 Å². The normalized spacial score (nSPS) is 18.8. The van der Waals surface area contributed by atoms with Gasteiger partial charge >= 0.3 is 0 Å². The minimum Gasteiger partial charge on any atom is -0.370 e. The maximum atomic E-state index is 10.4. The minimum atomic E-state index is -0.426. The van der Waals surface area contributed by atoms with Gasteiger partial charge in [0.25, 0.3) is 0 Å². The van der Waals surface area contributed by atoms with Gasteiger partial charge in [-0.25, -0.2) is 0 Å². The summed E-state index contributed by atoms with van der Waals surface area (Å²) in [6.45, 7) is 0. The van der Waals surface area contributed by atoms with E-state index in [1.165, 1.54) is 0 Å². The van der Waals surface area contributed by atoms with Gasteiger partial charge in [0.1, 0.15) is 6.04 Å². The number of primary amides is 1. The molecule has 1 saturated carbocycles. The Morgan fingerprint density at radius 2 is 2.45 bits per heavy atom. The Labute approximate surface area is 65.4 Å². The highest BCUT2D eigenvalue weighted by Gasteiger charge is 2.24. The van der Waals surface area contributed by atoms with Gasteiger partial charge in [0.05, 0.1) is 12.5 Å². The van der Waals surface area contributed by atoms with Gasteiger partial charge in [-0.3, -0.25) is 10.1 Å². The molecule has 1 atom stereocenters. The molecule has 4 nitrogen and oxygen atoms in total. The number of nitrogens with two attached hydrogens (primary N) is 1. The van der Waals surface area contributed by atoms with Crippen LogP contribution in [0.5, 0.6) is 0 Å². The van der Waals surface area contributed by atoms with E-state index in [2.05, 4.69) is 5.32 Å². The quantitative estimate of drug-likeness (QED) is 0.571. The number of hydrogen-bond donors (Lipinski definition) is 2. The number of nitrogens with one attached hydrogen (secondary N) is 1. The fourth-order valence-electron chi connectivity index (χ4n) is 0.878. The zero-order valence-corrected chi connectivity index (χ0v) is 6.21. The summed E-state index contributed by atoms with van der Waals surface area (Å²) in [6.07, 6.45) is 2.33. The highest BCUT2D eigenvalue weighted by molar-refractivity contribution is 5.74. The molecule has 1 fully saturated rings. The highest BCUT2D eigenvalue weighted by atomic mass is 16.1. The number of amides is 1. The molecule has 11 heavy (non-hydrogen) atoms. The van der Waals surface area contributed by atoms with E-state index in [1.807, 2.05) is 6.07 Å². The number of nitriles is 1. The molecule has 0 radical (unpaired) electrons. The average Bonchev–Trinajstić information content (AvgIpc) is 2.69. The first-order chi connectivity index (χ1) is 5.22. The van der Waals surface area contributed by atoms with Gasteiger partial charge in [-0.05, 0) is 12.8 Å². The number of hydrogen-bond acceptors (Lipinski definition) is 3. The molecule has 4 heteroatoms. The molecule has 0 spiro atoms. The van der Waals surface area contributed by atoms with Crippen LogP contribution in [0.1, 0.15) is 19.3 Å². The van der Waals surface area contributed by atoms with E-state index < -0.39 is 5.91 Å². The predicted octanol–water partition coefficient (Wildman–Crippen LogP) is -0.494. The van der Waals surface area contributed by atoms with Crippen LogP contribution in [0.15, 0.2) is 0 Å². The Hall–Kier alpha value is -1.08. The SMILES string of the molecule is N#CC(CC(N)=O)NC1CC1. The molecule has 0 aromatic heterocycles. The van der Waals surface area contributed by atoms with Crippen LogP contribution in [0, 0.1) is 11.3 Å². The Morgan fingerprint density at radius 1 is 1.82 bits per heavy atom. The van der Waals surface area contributed by atoms with Crippen LogP contribution in [-0.4, -0.2) is 18.0 Å². The van der Waals surface area contributed by atoms with E-state index in [9.17, 15) is 4.79 Å². The summed E-state index contributed by atoms with van der Waals surface area (Å²) in [4.78, 5) is 10.4. The molecule has 0 heterocycles. The third kappa shape index (κ3) is 3.01. The molecule has 1 unspecified atom stereocenters. The third-order valence-corrected chi connectivity index (χ3v) is 1.58. The lowest BCUT2D eigenvalue weighted by Crippen LogP contribution is -2.33. The average molecular weight is 153 g/mol. The molecule has 0 aromatic rings. The van der Waals surface area contributed by atoms with Crippen molar-refractivity contribution in [1.82, 2.24) is 5.32 Å². The fraction of sp³-hybridized carbons (Fsp3) is 0.714. The lowest BCUT2D eigenvalue weighted by molar-refractivity contribution is -0.118. The summed E-state index contributed by atoms with van der Waals surface area (Å²) >= 11 is 0. The van der Waals surface area contributed by atoms with E-state index in [4.69, 9.17) is 11.0 Å². The minimum absolute atomic E-state index is 0.118. The first-order valence-electron chi connectivity index (χ1n) is 3.66. The van der Waals surface area contributed by atoms with E-state index in [1.54, 1.807) is 0 Å². The number of rotatable bonds is 4. The van der Waals surface area contributed by atoms with Crippen LogP contribution >= 0.6 is 0 Å². The first kappa shape index (κ1) is 8.02. The van der Waals surface area contributed by atoms with Crippen LogP contribution in [0.3, 0.4) is 0 Å². The number of carbonyl (C=O) groups is 1. The van der Waals surface area contributed by atoms with Crippen molar-refractivity contribution in [1.29, 1.82) is 5.26 Å². The number of nitrogens with zero attached hydrogens (tertiary/aromatic N) is 1. The van der Waals surface area contributed by atoms with E-state index in [0.717, 1.165) is 12.8 Å². The van der Waals surface area contributed by atoms with Gasteiger partial charge in [-0.15, -0.1) is 0 Å². The second-order valence-corrected chi connectivity index (χ2v) is 2.79. The van der Waals surface area contributed by atoms with E-state index in [-0.39, 0.29) is 12.5 Å². The van der Waals surface area contributed by atoms with Crippen molar-refractivity contribution in [2.75, 3.05) is 0 Å². The van der Waals surface area contributed by atoms with Crippen molar-refractivity contribution in [2.24, 2.45) is 5.73 Å². The van der Waals surface area contributed by atoms with Gasteiger partial charge in [-0.2, -0.15) is 5.26 Å². The number of carbonyl (C=O) groups excluding carboxylic acids is 1. The third-order valence-electron chi connectivity index (χ3n) is 1.58. The van der Waals surface area contributed by atoms with Gasteiger partial charge in [0, 0.05) is 6.04 Å². The monoisotopic (exact) mass is 153 g/mol. The van der Waals surface area contributed by atoms with Crippen LogP contribution in [-0.2, 0) is 4.79 Å². The summed E-state index contributed by atoms with van der Waals surface area (Å²) in [6, 6.07) is 2.05. The molecule has 1 aliphatic rings. The maximum Gasteiger partial charge on any atom is 0.220 e. The molecule has 0 aromatic carbocycles. The summed E-state index contributed by atoms with van der Waals surface area (Å²) in [5.74, 6) is -0.426. The van der Waals surface area contributed by atoms with Crippen LogP contribution < -0.4 is 11.1 Å². The lowest BCUT2D eigenvalue weighted by atomic mass is 10.2. The van der Waals surface area contributed by atoms with Gasteiger partial charge in [0.2, 0.25) is 5.91 Å². The van der Waals surface area contributed by atoms with Gasteiger partial charge < -0.3 is 5.73 Å². The van der Waals surface area contributed by atoms with Crippen molar-refractivity contribution >= 4 is 5.91 Å². The van der Waals surface area contributed by atoms with Gasteiger partial charge in [0.15, 0.2) is 0 Å². The standard InChI is InChI=1S/C7H11N3O/c8-4-6(3-7(9)11)10-5-1-2-5/h5-6,10H,1-3H2,(H2,9,11). The fourth-order valence-corrected chi connectivity index (χ4v) is 0.878. The topological polar surface area (TPSA) is 78.9 Å². The summed E-state index contributed by atoms with van der Waals surface area (Å²) in [5.41, 5.74) is 4.94. The maximum absolute atomic E-state index is 10.4. The second-order valence-electron chi connectivity index (χ2n) is 2.79. The summed E-state index contributed by atoms with van der Waals surface area (Å²) in [5, 5.41) is 11.5. The molecular formula is C7H11N3O. The molecule has 60 valence electrons. The summed E-state index contributed by atoms with van der Waals surface area (Å²) in [7, 11) is 0. The van der Waals surface area contributed by atoms with Crippen molar-refractivity contribution in [3.05, 3.63) is 0 Å². The molecule has 0 saturated heterocycles. The van der Waals surface area contributed by atoms with Gasteiger partial charge in [-0.1, -0.05) is 0 Å². The smallest absolute Gasteiger partial charge is 0.220 e.